The average Bonchev–Trinajstić information content (AvgIpc) is 2.73. The molecule has 0 radical (unpaired) electrons. The molecule has 1 aliphatic heterocycles. The average molecular weight is 259 g/mol. The highest BCUT2D eigenvalue weighted by molar-refractivity contribution is 5.42. The third-order valence-electron chi connectivity index (χ3n) is 4.11. The van der Waals surface area contributed by atoms with Gasteiger partial charge in [-0.25, -0.2) is 4.98 Å². The molecule has 0 unspecified atom stereocenters. The Morgan fingerprint density at radius 3 is 2.95 bits per heavy atom. The van der Waals surface area contributed by atoms with E-state index in [1.54, 1.807) is 0 Å². The summed E-state index contributed by atoms with van der Waals surface area (Å²) in [6.07, 6.45) is 4.23. The number of aromatic nitrogens is 2. The first-order chi connectivity index (χ1) is 9.18. The maximum absolute atomic E-state index is 5.44. The van der Waals surface area contributed by atoms with Gasteiger partial charge in [0.1, 0.15) is 5.65 Å². The quantitative estimate of drug-likeness (QED) is 0.919. The second-order valence-corrected chi connectivity index (χ2v) is 5.60. The van der Waals surface area contributed by atoms with Crippen molar-refractivity contribution in [2.45, 2.75) is 38.8 Å². The van der Waals surface area contributed by atoms with Crippen molar-refractivity contribution in [3.63, 3.8) is 0 Å². The predicted molar refractivity (Wildman–Crippen MR) is 75.2 cm³/mol. The van der Waals surface area contributed by atoms with Gasteiger partial charge in [-0.3, -0.25) is 0 Å². The number of imidazole rings is 1. The lowest BCUT2D eigenvalue weighted by atomic mass is 9.92. The minimum absolute atomic E-state index is 0.184. The standard InChI is InChI=1S/C15H21N3O/c1-12-13(18-8-4-3-5-14(18)17-12)11-16-15(2)6-9-19-10-7-15/h3-5,8,16H,6-7,9-11H2,1-2H3. The largest absolute Gasteiger partial charge is 0.381 e. The molecule has 19 heavy (non-hydrogen) atoms. The highest BCUT2D eigenvalue weighted by Gasteiger charge is 2.27. The molecule has 0 aliphatic carbocycles. The fourth-order valence-electron chi connectivity index (χ4n) is 2.67. The molecular weight excluding hydrogens is 238 g/mol. The third-order valence-corrected chi connectivity index (χ3v) is 4.11. The summed E-state index contributed by atoms with van der Waals surface area (Å²) in [5, 5.41) is 3.69. The molecule has 0 bridgehead atoms. The Morgan fingerprint density at radius 2 is 2.16 bits per heavy atom. The molecule has 1 saturated heterocycles. The molecule has 0 amide bonds. The van der Waals surface area contributed by atoms with Gasteiger partial charge in [0.2, 0.25) is 0 Å². The molecule has 102 valence electrons. The summed E-state index contributed by atoms with van der Waals surface area (Å²) < 4.78 is 7.61. The van der Waals surface area contributed by atoms with Crippen LogP contribution in [0.3, 0.4) is 0 Å². The smallest absolute Gasteiger partial charge is 0.137 e. The summed E-state index contributed by atoms with van der Waals surface area (Å²) in [7, 11) is 0. The molecular formula is C15H21N3O. The molecule has 0 atom stereocenters. The Labute approximate surface area is 113 Å². The van der Waals surface area contributed by atoms with E-state index in [1.165, 1.54) is 5.69 Å². The molecule has 3 rings (SSSR count). The topological polar surface area (TPSA) is 38.6 Å². The van der Waals surface area contributed by atoms with Gasteiger partial charge in [0, 0.05) is 31.5 Å². The Balaban J connectivity index is 1.79. The van der Waals surface area contributed by atoms with Crippen molar-refractivity contribution in [3.8, 4) is 0 Å². The number of hydrogen-bond donors (Lipinski definition) is 1. The summed E-state index contributed by atoms with van der Waals surface area (Å²) in [5.41, 5.74) is 3.57. The second-order valence-electron chi connectivity index (χ2n) is 5.60. The van der Waals surface area contributed by atoms with Crippen LogP contribution in [-0.2, 0) is 11.3 Å². The van der Waals surface area contributed by atoms with Crippen LogP contribution < -0.4 is 5.32 Å². The van der Waals surface area contributed by atoms with Crippen LogP contribution in [0.25, 0.3) is 5.65 Å². The first-order valence-electron chi connectivity index (χ1n) is 6.93. The number of nitrogens with zero attached hydrogens (tertiary/aromatic N) is 2. The van der Waals surface area contributed by atoms with Crippen LogP contribution in [0.15, 0.2) is 24.4 Å². The summed E-state index contributed by atoms with van der Waals surface area (Å²) in [5.74, 6) is 0. The van der Waals surface area contributed by atoms with E-state index in [4.69, 9.17) is 4.74 Å². The Morgan fingerprint density at radius 1 is 1.37 bits per heavy atom. The van der Waals surface area contributed by atoms with Gasteiger partial charge in [-0.2, -0.15) is 0 Å². The summed E-state index contributed by atoms with van der Waals surface area (Å²) in [6.45, 7) is 6.93. The summed E-state index contributed by atoms with van der Waals surface area (Å²) in [6, 6.07) is 6.12. The fourth-order valence-corrected chi connectivity index (χ4v) is 2.67. The van der Waals surface area contributed by atoms with Crippen LogP contribution in [0, 0.1) is 6.92 Å². The zero-order chi connectivity index (χ0) is 13.3. The van der Waals surface area contributed by atoms with Gasteiger partial charge in [0.15, 0.2) is 0 Å². The number of pyridine rings is 1. The zero-order valence-electron chi connectivity index (χ0n) is 11.6. The molecule has 0 saturated carbocycles. The van der Waals surface area contributed by atoms with E-state index in [9.17, 15) is 0 Å². The predicted octanol–water partition coefficient (Wildman–Crippen LogP) is 2.30. The maximum atomic E-state index is 5.44. The maximum Gasteiger partial charge on any atom is 0.137 e. The highest BCUT2D eigenvalue weighted by atomic mass is 16.5. The van der Waals surface area contributed by atoms with E-state index in [-0.39, 0.29) is 5.54 Å². The second kappa shape index (κ2) is 4.94. The van der Waals surface area contributed by atoms with Crippen LogP contribution in [-0.4, -0.2) is 28.1 Å². The molecule has 4 nitrogen and oxygen atoms in total. The lowest BCUT2D eigenvalue weighted by molar-refractivity contribution is 0.0444. The molecule has 1 N–H and O–H groups in total. The molecule has 3 heterocycles. The van der Waals surface area contributed by atoms with Crippen molar-refractivity contribution < 1.29 is 4.74 Å². The van der Waals surface area contributed by atoms with E-state index >= 15 is 0 Å². The minimum atomic E-state index is 0.184. The van der Waals surface area contributed by atoms with Crippen molar-refractivity contribution >= 4 is 5.65 Å². The third kappa shape index (κ3) is 2.51. The summed E-state index contributed by atoms with van der Waals surface area (Å²) in [4.78, 5) is 4.60. The molecule has 2 aromatic heterocycles. The number of aryl methyl sites for hydroxylation is 1. The van der Waals surface area contributed by atoms with Crippen LogP contribution in [0.2, 0.25) is 0 Å². The van der Waals surface area contributed by atoms with E-state index in [1.807, 2.05) is 18.2 Å². The van der Waals surface area contributed by atoms with Crippen molar-refractivity contribution in [1.82, 2.24) is 14.7 Å². The SMILES string of the molecule is Cc1nc2ccccn2c1CNC1(C)CCOCC1. The van der Waals surface area contributed by atoms with Crippen LogP contribution >= 0.6 is 0 Å². The number of rotatable bonds is 3. The van der Waals surface area contributed by atoms with Gasteiger partial charge in [0.25, 0.3) is 0 Å². The fraction of sp³-hybridized carbons (Fsp3) is 0.533. The highest BCUT2D eigenvalue weighted by Crippen LogP contribution is 2.21. The lowest BCUT2D eigenvalue weighted by Crippen LogP contribution is -2.46. The van der Waals surface area contributed by atoms with E-state index in [2.05, 4.69) is 34.7 Å². The summed E-state index contributed by atoms with van der Waals surface area (Å²) >= 11 is 0. The van der Waals surface area contributed by atoms with Gasteiger partial charge in [-0.15, -0.1) is 0 Å². The van der Waals surface area contributed by atoms with Crippen molar-refractivity contribution in [3.05, 3.63) is 35.8 Å². The van der Waals surface area contributed by atoms with E-state index in [0.717, 1.165) is 43.9 Å². The molecule has 1 aliphatic rings. The monoisotopic (exact) mass is 259 g/mol. The number of fused-ring (bicyclic) bond motifs is 1. The van der Waals surface area contributed by atoms with Crippen molar-refractivity contribution in [1.29, 1.82) is 0 Å². The van der Waals surface area contributed by atoms with Crippen molar-refractivity contribution in [2.24, 2.45) is 0 Å². The normalized spacial score (nSPS) is 18.8. The van der Waals surface area contributed by atoms with Gasteiger partial charge in [0.05, 0.1) is 11.4 Å². The van der Waals surface area contributed by atoms with Crippen LogP contribution in [0.1, 0.15) is 31.2 Å². The number of ether oxygens (including phenoxy) is 1. The molecule has 4 heteroatoms. The molecule has 1 fully saturated rings. The Hall–Kier alpha value is -1.39. The Bertz CT molecular complexity index is 570. The molecule has 0 spiro atoms. The number of nitrogens with one attached hydrogen (secondary N) is 1. The van der Waals surface area contributed by atoms with Gasteiger partial charge in [-0.1, -0.05) is 6.07 Å². The number of hydrogen-bond acceptors (Lipinski definition) is 3. The van der Waals surface area contributed by atoms with Crippen LogP contribution in [0.4, 0.5) is 0 Å². The minimum Gasteiger partial charge on any atom is -0.381 e. The molecule has 2 aromatic rings. The van der Waals surface area contributed by atoms with Gasteiger partial charge in [-0.05, 0) is 38.8 Å². The van der Waals surface area contributed by atoms with Gasteiger partial charge < -0.3 is 14.5 Å². The van der Waals surface area contributed by atoms with Gasteiger partial charge >= 0.3 is 0 Å². The van der Waals surface area contributed by atoms with Crippen molar-refractivity contribution in [2.75, 3.05) is 13.2 Å². The first-order valence-corrected chi connectivity index (χ1v) is 6.93. The van der Waals surface area contributed by atoms with E-state index in [0.29, 0.717) is 0 Å². The van der Waals surface area contributed by atoms with E-state index < -0.39 is 0 Å². The molecule has 0 aromatic carbocycles. The lowest BCUT2D eigenvalue weighted by Gasteiger charge is -2.34. The Kier molecular flexibility index (Phi) is 3.29. The van der Waals surface area contributed by atoms with Crippen LogP contribution in [0.5, 0.6) is 0 Å². The first kappa shape index (κ1) is 12.6. The zero-order valence-corrected chi connectivity index (χ0v) is 11.6.